The second-order valence-electron chi connectivity index (χ2n) is 3.07. The van der Waals surface area contributed by atoms with E-state index >= 15 is 0 Å². The van der Waals surface area contributed by atoms with E-state index in [0.717, 1.165) is 29.9 Å². The van der Waals surface area contributed by atoms with Crippen molar-refractivity contribution in [3.05, 3.63) is 41.9 Å². The van der Waals surface area contributed by atoms with Crippen molar-refractivity contribution in [2.75, 3.05) is 0 Å². The Labute approximate surface area is 79.8 Å². The van der Waals surface area contributed by atoms with Crippen molar-refractivity contribution in [1.29, 1.82) is 0 Å². The summed E-state index contributed by atoms with van der Waals surface area (Å²) < 4.78 is 5.57. The molecule has 0 radical (unpaired) electrons. The van der Waals surface area contributed by atoms with E-state index in [1.807, 2.05) is 19.1 Å². The van der Waals surface area contributed by atoms with E-state index in [-0.39, 0.29) is 0 Å². The van der Waals surface area contributed by atoms with Crippen molar-refractivity contribution in [2.24, 2.45) is 0 Å². The van der Waals surface area contributed by atoms with E-state index in [4.69, 9.17) is 4.42 Å². The minimum Gasteiger partial charge on any atom is -0.466 e. The number of hydrogen-bond acceptors (Lipinski definition) is 1. The third kappa shape index (κ3) is 2.62. The van der Waals surface area contributed by atoms with Crippen LogP contribution in [0.5, 0.6) is 0 Å². The highest BCUT2D eigenvalue weighted by molar-refractivity contribution is 5.53. The molecular formula is C12H16O. The lowest BCUT2D eigenvalue weighted by atomic mass is 10.2. The van der Waals surface area contributed by atoms with Crippen LogP contribution in [0.1, 0.15) is 30.4 Å². The molecule has 1 nitrogen and oxygen atoms in total. The normalized spacial score (nSPS) is 10.9. The summed E-state index contributed by atoms with van der Waals surface area (Å²) in [6, 6.07) is 2.10. The maximum Gasteiger partial charge on any atom is 0.108 e. The first-order chi connectivity index (χ1) is 6.27. The van der Waals surface area contributed by atoms with Crippen LogP contribution in [0.15, 0.2) is 29.2 Å². The molecule has 0 spiro atoms. The second kappa shape index (κ2) is 4.70. The van der Waals surface area contributed by atoms with Crippen molar-refractivity contribution in [3.8, 4) is 0 Å². The van der Waals surface area contributed by atoms with Crippen LogP contribution in [0.3, 0.4) is 0 Å². The van der Waals surface area contributed by atoms with Crippen molar-refractivity contribution in [2.45, 2.75) is 26.7 Å². The summed E-state index contributed by atoms with van der Waals surface area (Å²) in [5.74, 6) is 2.06. The van der Waals surface area contributed by atoms with Crippen LogP contribution in [-0.4, -0.2) is 0 Å². The quantitative estimate of drug-likeness (QED) is 0.637. The van der Waals surface area contributed by atoms with Crippen LogP contribution < -0.4 is 0 Å². The fourth-order valence-corrected chi connectivity index (χ4v) is 1.27. The third-order valence-electron chi connectivity index (χ3n) is 1.92. The van der Waals surface area contributed by atoms with E-state index in [9.17, 15) is 0 Å². The van der Waals surface area contributed by atoms with Crippen molar-refractivity contribution in [3.63, 3.8) is 0 Å². The highest BCUT2D eigenvalue weighted by Crippen LogP contribution is 2.17. The lowest BCUT2D eigenvalue weighted by Gasteiger charge is -1.88. The number of hydrogen-bond donors (Lipinski definition) is 0. The zero-order valence-corrected chi connectivity index (χ0v) is 8.34. The van der Waals surface area contributed by atoms with Crippen LogP contribution in [0.25, 0.3) is 6.08 Å². The van der Waals surface area contributed by atoms with Gasteiger partial charge in [-0.05, 0) is 19.4 Å². The topological polar surface area (TPSA) is 13.1 Å². The van der Waals surface area contributed by atoms with Gasteiger partial charge in [-0.25, -0.2) is 0 Å². The average molecular weight is 176 g/mol. The van der Waals surface area contributed by atoms with E-state index in [1.165, 1.54) is 0 Å². The molecule has 0 bridgehead atoms. The maximum atomic E-state index is 5.57. The molecule has 1 aromatic rings. The minimum absolute atomic E-state index is 0.988. The van der Waals surface area contributed by atoms with Crippen molar-refractivity contribution in [1.82, 2.24) is 0 Å². The Bertz CT molecular complexity index is 305. The van der Waals surface area contributed by atoms with Gasteiger partial charge in [0.15, 0.2) is 0 Å². The third-order valence-corrected chi connectivity index (χ3v) is 1.92. The van der Waals surface area contributed by atoms with Crippen LogP contribution in [0.2, 0.25) is 0 Å². The molecule has 0 saturated carbocycles. The summed E-state index contributed by atoms with van der Waals surface area (Å²) in [7, 11) is 0. The highest BCUT2D eigenvalue weighted by atomic mass is 16.3. The zero-order valence-electron chi connectivity index (χ0n) is 8.34. The molecule has 1 heterocycles. The van der Waals surface area contributed by atoms with Gasteiger partial charge in [0.2, 0.25) is 0 Å². The van der Waals surface area contributed by atoms with Gasteiger partial charge in [-0.3, -0.25) is 0 Å². The first kappa shape index (κ1) is 9.85. The largest absolute Gasteiger partial charge is 0.466 e. The van der Waals surface area contributed by atoms with Gasteiger partial charge in [0.1, 0.15) is 11.5 Å². The van der Waals surface area contributed by atoms with Gasteiger partial charge in [-0.1, -0.05) is 31.7 Å². The predicted octanol–water partition coefficient (Wildman–Crippen LogP) is 3.74. The number of allylic oxidation sites excluding steroid dienone is 2. The van der Waals surface area contributed by atoms with Gasteiger partial charge < -0.3 is 4.42 Å². The number of furan rings is 1. The average Bonchev–Trinajstić information content (AvgIpc) is 2.44. The molecule has 0 atom stereocenters. The molecular weight excluding hydrogens is 160 g/mol. The molecule has 0 fully saturated rings. The maximum absolute atomic E-state index is 5.57. The molecule has 1 aromatic heterocycles. The fraction of sp³-hybridized carbons (Fsp3) is 0.333. The van der Waals surface area contributed by atoms with Crippen molar-refractivity contribution < 1.29 is 4.42 Å². The molecule has 0 aromatic carbocycles. The molecule has 0 aliphatic carbocycles. The van der Waals surface area contributed by atoms with E-state index in [2.05, 4.69) is 19.6 Å². The predicted molar refractivity (Wildman–Crippen MR) is 56.7 cm³/mol. The first-order valence-electron chi connectivity index (χ1n) is 4.66. The van der Waals surface area contributed by atoms with Gasteiger partial charge in [0.05, 0.1) is 0 Å². The van der Waals surface area contributed by atoms with Crippen LogP contribution in [-0.2, 0) is 6.42 Å². The summed E-state index contributed by atoms with van der Waals surface area (Å²) in [5.41, 5.74) is 1.16. The standard InChI is InChI=1S/C12H16O/c1-4-6-8-11-9-12(7-5-2)13-10(11)3/h4,6,8-9H,1,5,7H2,2-3H3/b8-6-. The Morgan fingerprint density at radius 1 is 1.54 bits per heavy atom. The van der Waals surface area contributed by atoms with E-state index in [0.29, 0.717) is 0 Å². The summed E-state index contributed by atoms with van der Waals surface area (Å²) >= 11 is 0. The summed E-state index contributed by atoms with van der Waals surface area (Å²) in [4.78, 5) is 0. The Hall–Kier alpha value is -1.24. The smallest absolute Gasteiger partial charge is 0.108 e. The first-order valence-corrected chi connectivity index (χ1v) is 4.66. The fourth-order valence-electron chi connectivity index (χ4n) is 1.27. The number of rotatable bonds is 4. The molecule has 1 rings (SSSR count). The lowest BCUT2D eigenvalue weighted by Crippen LogP contribution is -1.75. The van der Waals surface area contributed by atoms with Crippen LogP contribution in [0, 0.1) is 6.92 Å². The highest BCUT2D eigenvalue weighted by Gasteiger charge is 2.02. The van der Waals surface area contributed by atoms with Gasteiger partial charge in [-0.15, -0.1) is 0 Å². The van der Waals surface area contributed by atoms with Gasteiger partial charge in [0.25, 0.3) is 0 Å². The molecule has 0 amide bonds. The Morgan fingerprint density at radius 3 is 2.92 bits per heavy atom. The molecule has 1 heteroatoms. The Kier molecular flexibility index (Phi) is 3.56. The SMILES string of the molecule is C=C/C=C\c1cc(CCC)oc1C. The molecule has 70 valence electrons. The molecule has 13 heavy (non-hydrogen) atoms. The van der Waals surface area contributed by atoms with Gasteiger partial charge in [-0.2, -0.15) is 0 Å². The van der Waals surface area contributed by atoms with E-state index < -0.39 is 0 Å². The molecule has 0 aliphatic heterocycles. The monoisotopic (exact) mass is 176 g/mol. The van der Waals surface area contributed by atoms with Crippen LogP contribution in [0.4, 0.5) is 0 Å². The summed E-state index contributed by atoms with van der Waals surface area (Å²) in [6.07, 6.45) is 7.85. The summed E-state index contributed by atoms with van der Waals surface area (Å²) in [6.45, 7) is 7.77. The summed E-state index contributed by atoms with van der Waals surface area (Å²) in [5, 5.41) is 0. The molecule has 0 N–H and O–H groups in total. The van der Waals surface area contributed by atoms with Crippen molar-refractivity contribution >= 4 is 6.08 Å². The van der Waals surface area contributed by atoms with E-state index in [1.54, 1.807) is 6.08 Å². The van der Waals surface area contributed by atoms with Crippen LogP contribution >= 0.6 is 0 Å². The molecule has 0 unspecified atom stereocenters. The minimum atomic E-state index is 0.988. The Balaban J connectivity index is 2.82. The molecule has 0 aliphatic rings. The Morgan fingerprint density at radius 2 is 2.31 bits per heavy atom. The lowest BCUT2D eigenvalue weighted by molar-refractivity contribution is 0.480. The van der Waals surface area contributed by atoms with Gasteiger partial charge >= 0.3 is 0 Å². The van der Waals surface area contributed by atoms with Gasteiger partial charge in [0, 0.05) is 12.0 Å². The second-order valence-corrected chi connectivity index (χ2v) is 3.07. The zero-order chi connectivity index (χ0) is 9.68. The number of aryl methyl sites for hydroxylation is 2. The molecule has 0 saturated heterocycles.